The van der Waals surface area contributed by atoms with E-state index in [2.05, 4.69) is 31.3 Å². The van der Waals surface area contributed by atoms with Gasteiger partial charge in [-0.05, 0) is 51.4 Å². The van der Waals surface area contributed by atoms with E-state index >= 15 is 0 Å². The Hall–Kier alpha value is -1.40. The third kappa shape index (κ3) is 40.3. The number of carbonyl (C=O) groups is 2. The second kappa shape index (κ2) is 44.3. The molecule has 0 radical (unpaired) electrons. The van der Waals surface area contributed by atoms with Crippen molar-refractivity contribution in [2.24, 2.45) is 0 Å². The summed E-state index contributed by atoms with van der Waals surface area (Å²) >= 11 is 0. The van der Waals surface area contributed by atoms with Gasteiger partial charge in [0.1, 0.15) is 0 Å². The summed E-state index contributed by atoms with van der Waals surface area (Å²) < 4.78 is 5.41. The molecule has 0 fully saturated rings. The van der Waals surface area contributed by atoms with Gasteiger partial charge in [-0.25, -0.2) is 0 Å². The molecule has 0 aromatic heterocycles. The Kier molecular flexibility index (Phi) is 43.2. The summed E-state index contributed by atoms with van der Waals surface area (Å²) in [5.74, 6) is -0.0948. The molecular formula is C48H93NO5. The van der Waals surface area contributed by atoms with Gasteiger partial charge >= 0.3 is 5.97 Å². The van der Waals surface area contributed by atoms with Gasteiger partial charge in [-0.15, -0.1) is 0 Å². The van der Waals surface area contributed by atoms with Crippen LogP contribution in [0.3, 0.4) is 0 Å². The van der Waals surface area contributed by atoms with E-state index in [9.17, 15) is 19.8 Å². The zero-order valence-corrected chi connectivity index (χ0v) is 36.2. The molecule has 0 saturated heterocycles. The second-order valence-electron chi connectivity index (χ2n) is 16.4. The van der Waals surface area contributed by atoms with Crippen LogP contribution in [0.4, 0.5) is 0 Å². The van der Waals surface area contributed by atoms with Crippen LogP contribution in [0.25, 0.3) is 0 Å². The van der Waals surface area contributed by atoms with Gasteiger partial charge in [0.25, 0.3) is 0 Å². The monoisotopic (exact) mass is 764 g/mol. The number of nitrogens with one attached hydrogen (secondary N) is 1. The fourth-order valence-electron chi connectivity index (χ4n) is 7.34. The molecule has 0 heterocycles. The molecule has 1 amide bonds. The lowest BCUT2D eigenvalue weighted by molar-refractivity contribution is -0.143. The number of rotatable bonds is 44. The van der Waals surface area contributed by atoms with E-state index in [1.807, 2.05) is 0 Å². The molecule has 320 valence electrons. The maximum absolute atomic E-state index is 12.4. The summed E-state index contributed by atoms with van der Waals surface area (Å²) in [6.07, 6.45) is 48.8. The highest BCUT2D eigenvalue weighted by Gasteiger charge is 2.20. The summed E-state index contributed by atoms with van der Waals surface area (Å²) in [6.45, 7) is 4.87. The summed E-state index contributed by atoms with van der Waals surface area (Å²) in [4.78, 5) is 24.4. The fraction of sp³-hybridized carbons (Fsp3) is 0.917. The number of hydrogen-bond acceptors (Lipinski definition) is 5. The van der Waals surface area contributed by atoms with Crippen LogP contribution in [0.2, 0.25) is 0 Å². The molecule has 0 bridgehead atoms. The Morgan fingerprint density at radius 3 is 1.31 bits per heavy atom. The first-order valence-corrected chi connectivity index (χ1v) is 23.9. The van der Waals surface area contributed by atoms with Crippen LogP contribution in [0, 0.1) is 0 Å². The minimum absolute atomic E-state index is 0.0315. The average molecular weight is 764 g/mol. The predicted molar refractivity (Wildman–Crippen MR) is 232 cm³/mol. The molecule has 0 rings (SSSR count). The molecule has 0 spiro atoms. The largest absolute Gasteiger partial charge is 0.466 e. The molecule has 0 saturated carbocycles. The highest BCUT2D eigenvalue weighted by molar-refractivity contribution is 5.76. The molecule has 2 atom stereocenters. The molecule has 0 aromatic rings. The molecule has 0 aliphatic heterocycles. The van der Waals surface area contributed by atoms with Crippen LogP contribution >= 0.6 is 0 Å². The minimum Gasteiger partial charge on any atom is -0.466 e. The van der Waals surface area contributed by atoms with Crippen molar-refractivity contribution in [2.75, 3.05) is 13.2 Å². The van der Waals surface area contributed by atoms with E-state index in [0.29, 0.717) is 25.9 Å². The van der Waals surface area contributed by atoms with Crippen molar-refractivity contribution in [1.82, 2.24) is 5.32 Å². The van der Waals surface area contributed by atoms with E-state index < -0.39 is 12.1 Å². The van der Waals surface area contributed by atoms with Gasteiger partial charge in [0.2, 0.25) is 5.91 Å². The Balaban J connectivity index is 3.53. The van der Waals surface area contributed by atoms with E-state index in [0.717, 1.165) is 83.5 Å². The van der Waals surface area contributed by atoms with Gasteiger partial charge < -0.3 is 20.3 Å². The van der Waals surface area contributed by atoms with Crippen molar-refractivity contribution >= 4 is 11.9 Å². The fourth-order valence-corrected chi connectivity index (χ4v) is 7.34. The van der Waals surface area contributed by atoms with Crippen molar-refractivity contribution in [3.63, 3.8) is 0 Å². The third-order valence-corrected chi connectivity index (χ3v) is 11.1. The number of unbranched alkanes of at least 4 members (excludes halogenated alkanes) is 31. The van der Waals surface area contributed by atoms with Crippen LogP contribution < -0.4 is 5.32 Å². The van der Waals surface area contributed by atoms with Crippen molar-refractivity contribution in [3.8, 4) is 0 Å². The minimum atomic E-state index is -0.680. The first kappa shape index (κ1) is 52.6. The summed E-state index contributed by atoms with van der Waals surface area (Å²) in [6, 6.07) is -0.560. The molecule has 0 aromatic carbocycles. The molecular weight excluding hydrogens is 671 g/mol. The summed E-state index contributed by atoms with van der Waals surface area (Å²) in [5, 5.41) is 23.2. The smallest absolute Gasteiger partial charge is 0.305 e. The van der Waals surface area contributed by atoms with Gasteiger partial charge in [0.05, 0.1) is 25.4 Å². The zero-order valence-electron chi connectivity index (χ0n) is 36.2. The van der Waals surface area contributed by atoms with E-state index in [-0.39, 0.29) is 18.5 Å². The highest BCUT2D eigenvalue weighted by Crippen LogP contribution is 2.16. The zero-order chi connectivity index (χ0) is 39.4. The van der Waals surface area contributed by atoms with E-state index in [4.69, 9.17) is 4.74 Å². The van der Waals surface area contributed by atoms with Crippen LogP contribution in [-0.2, 0) is 14.3 Å². The van der Waals surface area contributed by atoms with Gasteiger partial charge in [0.15, 0.2) is 0 Å². The number of allylic oxidation sites excluding steroid dienone is 2. The molecule has 54 heavy (non-hydrogen) atoms. The normalized spacial score (nSPS) is 12.7. The van der Waals surface area contributed by atoms with Crippen LogP contribution in [-0.4, -0.2) is 47.4 Å². The Morgan fingerprint density at radius 2 is 0.870 bits per heavy atom. The number of amides is 1. The molecule has 0 aliphatic carbocycles. The number of carbonyl (C=O) groups excluding carboxylic acids is 2. The first-order chi connectivity index (χ1) is 26.5. The lowest BCUT2D eigenvalue weighted by atomic mass is 10.0. The Morgan fingerprint density at radius 1 is 0.500 bits per heavy atom. The molecule has 2 unspecified atom stereocenters. The maximum Gasteiger partial charge on any atom is 0.305 e. The van der Waals surface area contributed by atoms with Gasteiger partial charge in [-0.1, -0.05) is 206 Å². The summed E-state index contributed by atoms with van der Waals surface area (Å²) in [5.41, 5.74) is 0. The standard InChI is InChI=1S/C48H93NO5/c1-3-5-7-9-11-13-15-16-17-18-21-24-28-32-36-40-46(51)45(44-50)49-47(52)41-37-33-29-25-22-19-23-27-31-35-39-43-54-48(53)42-38-34-30-26-20-14-12-10-8-6-4-2/h23,27,45-46,50-51H,3-22,24-26,28-44H2,1-2H3,(H,49,52)/b27-23-. The van der Waals surface area contributed by atoms with E-state index in [1.165, 1.54) is 141 Å². The second-order valence-corrected chi connectivity index (χ2v) is 16.4. The van der Waals surface area contributed by atoms with Crippen LogP contribution in [0.1, 0.15) is 258 Å². The lowest BCUT2D eigenvalue weighted by Gasteiger charge is -2.22. The quantitative estimate of drug-likeness (QED) is 0.0326. The number of ether oxygens (including phenoxy) is 1. The topological polar surface area (TPSA) is 95.9 Å². The number of aliphatic hydroxyl groups excluding tert-OH is 2. The third-order valence-electron chi connectivity index (χ3n) is 11.1. The molecule has 0 aliphatic rings. The first-order valence-electron chi connectivity index (χ1n) is 23.9. The van der Waals surface area contributed by atoms with Crippen LogP contribution in [0.15, 0.2) is 12.2 Å². The lowest BCUT2D eigenvalue weighted by Crippen LogP contribution is -2.45. The van der Waals surface area contributed by atoms with Gasteiger partial charge in [-0.2, -0.15) is 0 Å². The molecule has 6 nitrogen and oxygen atoms in total. The summed E-state index contributed by atoms with van der Waals surface area (Å²) in [7, 11) is 0. The number of hydrogen-bond donors (Lipinski definition) is 3. The van der Waals surface area contributed by atoms with Crippen LogP contribution in [0.5, 0.6) is 0 Å². The molecule has 6 heteroatoms. The van der Waals surface area contributed by atoms with Crippen molar-refractivity contribution in [3.05, 3.63) is 12.2 Å². The molecule has 3 N–H and O–H groups in total. The van der Waals surface area contributed by atoms with Crippen molar-refractivity contribution < 1.29 is 24.5 Å². The van der Waals surface area contributed by atoms with Gasteiger partial charge in [-0.3, -0.25) is 9.59 Å². The SMILES string of the molecule is CCCCCCCCCCCCCCCCCC(O)C(CO)NC(=O)CCCCCCC/C=C\CCCCOC(=O)CCCCCCCCCCCCC. The number of aliphatic hydroxyl groups is 2. The Labute approximate surface area is 336 Å². The highest BCUT2D eigenvalue weighted by atomic mass is 16.5. The maximum atomic E-state index is 12.4. The predicted octanol–water partition coefficient (Wildman–Crippen LogP) is 13.8. The van der Waals surface area contributed by atoms with Crippen molar-refractivity contribution in [2.45, 2.75) is 270 Å². The van der Waals surface area contributed by atoms with Gasteiger partial charge in [0, 0.05) is 12.8 Å². The number of esters is 1. The Bertz CT molecular complexity index is 802. The average Bonchev–Trinajstić information content (AvgIpc) is 3.17. The van der Waals surface area contributed by atoms with E-state index in [1.54, 1.807) is 0 Å². The van der Waals surface area contributed by atoms with Crippen molar-refractivity contribution in [1.29, 1.82) is 0 Å².